The van der Waals surface area contributed by atoms with E-state index in [0.717, 1.165) is 0 Å². The molecule has 1 heterocycles. The van der Waals surface area contributed by atoms with Crippen molar-refractivity contribution in [3.63, 3.8) is 0 Å². The number of nitrogens with zero attached hydrogens (tertiary/aromatic N) is 3. The third-order valence-corrected chi connectivity index (χ3v) is 3.62. The minimum atomic E-state index is -0.743. The Bertz CT molecular complexity index is 969. The van der Waals surface area contributed by atoms with Crippen molar-refractivity contribution in [2.24, 2.45) is 0 Å². The lowest BCUT2D eigenvalue weighted by atomic mass is 10.1. The molecule has 0 aliphatic heterocycles. The first-order valence-electron chi connectivity index (χ1n) is 7.45. The average Bonchev–Trinajstić information content (AvgIpc) is 3.09. The highest BCUT2D eigenvalue weighted by molar-refractivity contribution is 5.92. The molecule has 1 aromatic heterocycles. The fourth-order valence-electron chi connectivity index (χ4n) is 2.28. The van der Waals surface area contributed by atoms with Crippen LogP contribution in [0, 0.1) is 22.9 Å². The number of nitro groups is 1. The van der Waals surface area contributed by atoms with Crippen LogP contribution in [-0.4, -0.2) is 21.0 Å². The summed E-state index contributed by atoms with van der Waals surface area (Å²) in [6.45, 7) is 1.17. The summed E-state index contributed by atoms with van der Waals surface area (Å²) >= 11 is 0. The normalized spacial score (nSPS) is 10.5. The first-order valence-corrected chi connectivity index (χ1v) is 7.45. The molecule has 0 radical (unpaired) electrons. The molecule has 0 saturated heterocycles. The molecule has 3 rings (SSSR count). The highest BCUT2D eigenvalue weighted by Crippen LogP contribution is 2.22. The zero-order valence-electron chi connectivity index (χ0n) is 13.5. The van der Waals surface area contributed by atoms with E-state index in [2.05, 4.69) is 10.1 Å². The Balaban J connectivity index is 1.70. The van der Waals surface area contributed by atoms with Gasteiger partial charge in [-0.15, -0.1) is 0 Å². The van der Waals surface area contributed by atoms with E-state index in [0.29, 0.717) is 5.56 Å². The number of nitro benzene ring substituents is 1. The summed E-state index contributed by atoms with van der Waals surface area (Å²) in [5, 5.41) is 14.7. The Labute approximate surface area is 146 Å². The topological polar surface area (TPSA) is 108 Å². The number of ether oxygens (including phenoxy) is 1. The van der Waals surface area contributed by atoms with Gasteiger partial charge in [-0.1, -0.05) is 11.2 Å². The van der Waals surface area contributed by atoms with Crippen LogP contribution in [0.3, 0.4) is 0 Å². The van der Waals surface area contributed by atoms with Crippen molar-refractivity contribution in [2.45, 2.75) is 13.5 Å². The molecule has 0 spiro atoms. The number of halogens is 1. The molecule has 0 unspecified atom stereocenters. The molecule has 9 heteroatoms. The van der Waals surface area contributed by atoms with Gasteiger partial charge >= 0.3 is 5.97 Å². The van der Waals surface area contributed by atoms with Crippen LogP contribution in [0.2, 0.25) is 0 Å². The zero-order valence-corrected chi connectivity index (χ0v) is 13.5. The number of benzene rings is 2. The van der Waals surface area contributed by atoms with Gasteiger partial charge in [0.25, 0.3) is 11.6 Å². The number of hydrogen-bond donors (Lipinski definition) is 0. The summed E-state index contributed by atoms with van der Waals surface area (Å²) in [4.78, 5) is 26.6. The maximum absolute atomic E-state index is 12.9. The summed E-state index contributed by atoms with van der Waals surface area (Å²) in [5.41, 5.74) is 0.663. The smallest absolute Gasteiger partial charge is 0.339 e. The second-order valence-electron chi connectivity index (χ2n) is 5.30. The van der Waals surface area contributed by atoms with Crippen molar-refractivity contribution < 1.29 is 23.4 Å². The molecular weight excluding hydrogens is 345 g/mol. The largest absolute Gasteiger partial charge is 0.452 e. The van der Waals surface area contributed by atoms with E-state index in [1.807, 2.05) is 0 Å². The van der Waals surface area contributed by atoms with Crippen molar-refractivity contribution in [3.05, 3.63) is 75.4 Å². The first-order chi connectivity index (χ1) is 12.5. The Hall–Kier alpha value is -3.62. The zero-order chi connectivity index (χ0) is 18.7. The molecule has 2 aromatic carbocycles. The first kappa shape index (κ1) is 17.2. The molecule has 3 aromatic rings. The monoisotopic (exact) mass is 357 g/mol. The number of carbonyl (C=O) groups is 1. The fourth-order valence-corrected chi connectivity index (χ4v) is 2.28. The van der Waals surface area contributed by atoms with Crippen LogP contribution >= 0.6 is 0 Å². The van der Waals surface area contributed by atoms with E-state index < -0.39 is 16.7 Å². The van der Waals surface area contributed by atoms with E-state index in [1.165, 1.54) is 49.4 Å². The van der Waals surface area contributed by atoms with Crippen LogP contribution in [0.25, 0.3) is 11.4 Å². The summed E-state index contributed by atoms with van der Waals surface area (Å²) in [5.74, 6) is -0.866. The van der Waals surface area contributed by atoms with Crippen molar-refractivity contribution in [1.82, 2.24) is 10.1 Å². The van der Waals surface area contributed by atoms with Crippen LogP contribution in [0.15, 0.2) is 47.0 Å². The van der Waals surface area contributed by atoms with Crippen LogP contribution in [0.1, 0.15) is 21.8 Å². The van der Waals surface area contributed by atoms with Gasteiger partial charge in [0.05, 0.1) is 10.5 Å². The molecule has 0 aliphatic rings. The summed E-state index contributed by atoms with van der Waals surface area (Å²) in [6.07, 6.45) is 0. The minimum Gasteiger partial charge on any atom is -0.452 e. The highest BCUT2D eigenvalue weighted by Gasteiger charge is 2.20. The second kappa shape index (κ2) is 7.09. The van der Waals surface area contributed by atoms with Crippen molar-refractivity contribution >= 4 is 11.7 Å². The molecular formula is C17H12FN3O5. The van der Waals surface area contributed by atoms with Gasteiger partial charge < -0.3 is 9.26 Å². The minimum absolute atomic E-state index is 0.0424. The molecule has 0 atom stereocenters. The lowest BCUT2D eigenvalue weighted by Crippen LogP contribution is -2.08. The maximum Gasteiger partial charge on any atom is 0.339 e. The SMILES string of the molecule is Cc1c(C(=O)OCc2nc(-c3ccc(F)cc3)no2)cccc1[N+](=O)[O-]. The van der Waals surface area contributed by atoms with E-state index in [4.69, 9.17) is 9.26 Å². The fraction of sp³-hybridized carbons (Fsp3) is 0.118. The Kier molecular flexibility index (Phi) is 4.70. The van der Waals surface area contributed by atoms with E-state index in [1.54, 1.807) is 0 Å². The highest BCUT2D eigenvalue weighted by atomic mass is 19.1. The van der Waals surface area contributed by atoms with Crippen LogP contribution in [0.4, 0.5) is 10.1 Å². The number of carbonyl (C=O) groups excluding carboxylic acids is 1. The van der Waals surface area contributed by atoms with Gasteiger partial charge in [-0.2, -0.15) is 4.98 Å². The van der Waals surface area contributed by atoms with Crippen LogP contribution < -0.4 is 0 Å². The summed E-state index contributed by atoms with van der Waals surface area (Å²) in [6, 6.07) is 9.64. The predicted octanol–water partition coefficient (Wildman–Crippen LogP) is 3.45. The third-order valence-electron chi connectivity index (χ3n) is 3.62. The second-order valence-corrected chi connectivity index (χ2v) is 5.30. The van der Waals surface area contributed by atoms with E-state index in [9.17, 15) is 19.3 Å². The molecule has 0 fully saturated rings. The number of esters is 1. The van der Waals surface area contributed by atoms with Crippen molar-refractivity contribution in [2.75, 3.05) is 0 Å². The Morgan fingerprint density at radius 3 is 2.69 bits per heavy atom. The standard InChI is InChI=1S/C17H12FN3O5/c1-10-13(3-2-4-14(10)21(23)24)17(22)25-9-15-19-16(20-26-15)11-5-7-12(18)8-6-11/h2-8H,9H2,1H3. The number of aromatic nitrogens is 2. The van der Waals surface area contributed by atoms with Gasteiger partial charge in [-0.05, 0) is 37.3 Å². The third kappa shape index (κ3) is 3.56. The van der Waals surface area contributed by atoms with Gasteiger partial charge in [0, 0.05) is 17.2 Å². The van der Waals surface area contributed by atoms with Crippen LogP contribution in [0.5, 0.6) is 0 Å². The average molecular weight is 357 g/mol. The van der Waals surface area contributed by atoms with E-state index in [-0.39, 0.29) is 35.1 Å². The molecule has 132 valence electrons. The summed E-state index contributed by atoms with van der Waals surface area (Å²) in [7, 11) is 0. The van der Waals surface area contributed by atoms with Crippen molar-refractivity contribution in [1.29, 1.82) is 0 Å². The molecule has 0 bridgehead atoms. The van der Waals surface area contributed by atoms with Crippen molar-refractivity contribution in [3.8, 4) is 11.4 Å². The van der Waals surface area contributed by atoms with Gasteiger partial charge in [0.1, 0.15) is 5.82 Å². The lowest BCUT2D eigenvalue weighted by molar-refractivity contribution is -0.385. The van der Waals surface area contributed by atoms with Gasteiger partial charge in [0.15, 0.2) is 6.61 Å². The Morgan fingerprint density at radius 2 is 2.00 bits per heavy atom. The molecule has 0 aliphatic carbocycles. The molecule has 8 nitrogen and oxygen atoms in total. The van der Waals surface area contributed by atoms with Gasteiger partial charge in [0.2, 0.25) is 5.82 Å². The lowest BCUT2D eigenvalue weighted by Gasteiger charge is -2.05. The molecule has 26 heavy (non-hydrogen) atoms. The molecule has 0 amide bonds. The van der Waals surface area contributed by atoms with Gasteiger partial charge in [-0.25, -0.2) is 9.18 Å². The molecule has 0 N–H and O–H groups in total. The Morgan fingerprint density at radius 1 is 1.27 bits per heavy atom. The maximum atomic E-state index is 12.9. The number of rotatable bonds is 5. The van der Waals surface area contributed by atoms with E-state index >= 15 is 0 Å². The van der Waals surface area contributed by atoms with Gasteiger partial charge in [-0.3, -0.25) is 10.1 Å². The number of hydrogen-bond acceptors (Lipinski definition) is 7. The van der Waals surface area contributed by atoms with Crippen LogP contribution in [-0.2, 0) is 11.3 Å². The quantitative estimate of drug-likeness (QED) is 0.391. The predicted molar refractivity (Wildman–Crippen MR) is 86.6 cm³/mol. The molecule has 0 saturated carbocycles. The summed E-state index contributed by atoms with van der Waals surface area (Å²) < 4.78 is 23.0.